The van der Waals surface area contributed by atoms with Crippen LogP contribution in [-0.4, -0.2) is 14.7 Å². The average molecular weight is 270 g/mol. The van der Waals surface area contributed by atoms with Crippen LogP contribution in [0.2, 0.25) is 5.02 Å². The number of halogens is 2. The fraction of sp³-hybridized carbons (Fsp3) is 0.143. The molecular weight excluding hydrogens is 263 g/mol. The molecule has 1 rings (SSSR count). The van der Waals surface area contributed by atoms with Crippen LogP contribution < -0.4 is 0 Å². The van der Waals surface area contributed by atoms with Crippen LogP contribution in [0.15, 0.2) is 27.6 Å². The van der Waals surface area contributed by atoms with E-state index >= 15 is 0 Å². The SMILES string of the molecule is CS(=O)(=O)c1cccc(Cl)c1Br. The zero-order valence-corrected chi connectivity index (χ0v) is 9.37. The Labute approximate surface area is 84.6 Å². The van der Waals surface area contributed by atoms with Crippen LogP contribution in [0.3, 0.4) is 0 Å². The van der Waals surface area contributed by atoms with E-state index in [2.05, 4.69) is 15.9 Å². The summed E-state index contributed by atoms with van der Waals surface area (Å²) >= 11 is 8.81. The quantitative estimate of drug-likeness (QED) is 0.785. The summed E-state index contributed by atoms with van der Waals surface area (Å²) in [6.07, 6.45) is 1.14. The van der Waals surface area contributed by atoms with Crippen molar-refractivity contribution in [1.29, 1.82) is 0 Å². The Morgan fingerprint density at radius 3 is 2.42 bits per heavy atom. The molecule has 2 nitrogen and oxygen atoms in total. The molecule has 0 heterocycles. The number of sulfone groups is 1. The van der Waals surface area contributed by atoms with Crippen molar-refractivity contribution in [1.82, 2.24) is 0 Å². The van der Waals surface area contributed by atoms with Gasteiger partial charge >= 0.3 is 0 Å². The van der Waals surface area contributed by atoms with Crippen LogP contribution in [-0.2, 0) is 9.84 Å². The van der Waals surface area contributed by atoms with Gasteiger partial charge in [-0.1, -0.05) is 17.7 Å². The predicted molar refractivity (Wildman–Crippen MR) is 52.3 cm³/mol. The highest BCUT2D eigenvalue weighted by Gasteiger charge is 2.12. The average Bonchev–Trinajstić information content (AvgIpc) is 1.92. The highest BCUT2D eigenvalue weighted by atomic mass is 79.9. The summed E-state index contributed by atoms with van der Waals surface area (Å²) in [6.45, 7) is 0. The second-order valence-electron chi connectivity index (χ2n) is 2.32. The predicted octanol–water partition coefficient (Wildman–Crippen LogP) is 2.51. The second-order valence-corrected chi connectivity index (χ2v) is 5.51. The van der Waals surface area contributed by atoms with Gasteiger partial charge in [0, 0.05) is 6.26 Å². The molecule has 0 spiro atoms. The van der Waals surface area contributed by atoms with Gasteiger partial charge in [0.15, 0.2) is 9.84 Å². The maximum Gasteiger partial charge on any atom is 0.176 e. The van der Waals surface area contributed by atoms with Gasteiger partial charge in [-0.25, -0.2) is 8.42 Å². The Hall–Kier alpha value is -0.0600. The van der Waals surface area contributed by atoms with Crippen molar-refractivity contribution in [2.45, 2.75) is 4.90 Å². The van der Waals surface area contributed by atoms with Crippen molar-refractivity contribution in [3.05, 3.63) is 27.7 Å². The van der Waals surface area contributed by atoms with Gasteiger partial charge in [-0.2, -0.15) is 0 Å². The minimum absolute atomic E-state index is 0.218. The van der Waals surface area contributed by atoms with Crippen molar-refractivity contribution in [2.75, 3.05) is 6.26 Å². The van der Waals surface area contributed by atoms with Crippen LogP contribution in [0.25, 0.3) is 0 Å². The summed E-state index contributed by atoms with van der Waals surface area (Å²) in [6, 6.07) is 4.73. The third kappa shape index (κ3) is 2.00. The lowest BCUT2D eigenvalue weighted by molar-refractivity contribution is 0.601. The van der Waals surface area contributed by atoms with Crippen LogP contribution in [0.1, 0.15) is 0 Å². The van der Waals surface area contributed by atoms with Gasteiger partial charge < -0.3 is 0 Å². The Morgan fingerprint density at radius 1 is 1.42 bits per heavy atom. The molecular formula is C7H6BrClO2S. The van der Waals surface area contributed by atoms with Gasteiger partial charge in [0.25, 0.3) is 0 Å². The maximum absolute atomic E-state index is 11.1. The molecule has 0 N–H and O–H groups in total. The molecule has 12 heavy (non-hydrogen) atoms. The zero-order valence-electron chi connectivity index (χ0n) is 6.21. The molecule has 0 bridgehead atoms. The molecule has 1 aromatic rings. The van der Waals surface area contributed by atoms with E-state index in [-0.39, 0.29) is 4.90 Å². The summed E-state index contributed by atoms with van der Waals surface area (Å²) in [5.74, 6) is 0. The lowest BCUT2D eigenvalue weighted by atomic mass is 10.4. The summed E-state index contributed by atoms with van der Waals surface area (Å²) < 4.78 is 22.7. The topological polar surface area (TPSA) is 34.1 Å². The molecule has 0 amide bonds. The fourth-order valence-electron chi connectivity index (χ4n) is 0.770. The number of hydrogen-bond acceptors (Lipinski definition) is 2. The molecule has 1 aromatic carbocycles. The Kier molecular flexibility index (Phi) is 2.81. The molecule has 0 aromatic heterocycles. The third-order valence-corrected chi connectivity index (χ3v) is 4.11. The highest BCUT2D eigenvalue weighted by molar-refractivity contribution is 9.10. The van der Waals surface area contributed by atoms with E-state index in [9.17, 15) is 8.42 Å². The van der Waals surface area contributed by atoms with E-state index in [1.165, 1.54) is 6.07 Å². The normalized spacial score (nSPS) is 11.6. The molecule has 0 fully saturated rings. The largest absolute Gasteiger partial charge is 0.224 e. The molecule has 5 heteroatoms. The molecule has 0 saturated heterocycles. The van der Waals surface area contributed by atoms with Crippen molar-refractivity contribution < 1.29 is 8.42 Å². The minimum Gasteiger partial charge on any atom is -0.224 e. The Balaban J connectivity index is 3.47. The van der Waals surface area contributed by atoms with Crippen molar-refractivity contribution in [2.24, 2.45) is 0 Å². The van der Waals surface area contributed by atoms with E-state index in [4.69, 9.17) is 11.6 Å². The van der Waals surface area contributed by atoms with Crippen molar-refractivity contribution >= 4 is 37.4 Å². The van der Waals surface area contributed by atoms with Crippen LogP contribution >= 0.6 is 27.5 Å². The van der Waals surface area contributed by atoms with E-state index < -0.39 is 9.84 Å². The lowest BCUT2D eigenvalue weighted by Crippen LogP contribution is -1.97. The summed E-state index contributed by atoms with van der Waals surface area (Å²) in [4.78, 5) is 0.218. The smallest absolute Gasteiger partial charge is 0.176 e. The van der Waals surface area contributed by atoms with Gasteiger partial charge in [-0.15, -0.1) is 0 Å². The van der Waals surface area contributed by atoms with E-state index in [1.54, 1.807) is 12.1 Å². The molecule has 0 saturated carbocycles. The minimum atomic E-state index is -3.19. The van der Waals surface area contributed by atoms with Gasteiger partial charge in [0.2, 0.25) is 0 Å². The summed E-state index contributed by atoms with van der Waals surface area (Å²) in [5, 5.41) is 0.401. The molecule has 0 atom stereocenters. The van der Waals surface area contributed by atoms with Crippen molar-refractivity contribution in [3.8, 4) is 0 Å². The fourth-order valence-corrected chi connectivity index (χ4v) is 2.91. The second kappa shape index (κ2) is 3.36. The first-order chi connectivity index (χ1) is 5.43. The molecule has 0 unspecified atom stereocenters. The van der Waals surface area contributed by atoms with E-state index in [0.717, 1.165) is 6.26 Å². The first-order valence-electron chi connectivity index (χ1n) is 3.07. The Bertz CT molecular complexity index is 400. The monoisotopic (exact) mass is 268 g/mol. The van der Waals surface area contributed by atoms with Gasteiger partial charge in [0.1, 0.15) is 0 Å². The first kappa shape index (κ1) is 10.0. The van der Waals surface area contributed by atoms with Crippen LogP contribution in [0.4, 0.5) is 0 Å². The van der Waals surface area contributed by atoms with Crippen LogP contribution in [0.5, 0.6) is 0 Å². The molecule has 66 valence electrons. The molecule has 0 aliphatic heterocycles. The zero-order chi connectivity index (χ0) is 9.35. The van der Waals surface area contributed by atoms with Gasteiger partial charge in [-0.05, 0) is 28.1 Å². The highest BCUT2D eigenvalue weighted by Crippen LogP contribution is 2.28. The van der Waals surface area contributed by atoms with Crippen molar-refractivity contribution in [3.63, 3.8) is 0 Å². The first-order valence-corrected chi connectivity index (χ1v) is 6.13. The van der Waals surface area contributed by atoms with E-state index in [0.29, 0.717) is 9.50 Å². The molecule has 0 radical (unpaired) electrons. The number of hydrogen-bond donors (Lipinski definition) is 0. The maximum atomic E-state index is 11.1. The lowest BCUT2D eigenvalue weighted by Gasteiger charge is -2.02. The molecule has 0 aliphatic carbocycles. The number of rotatable bonds is 1. The van der Waals surface area contributed by atoms with Gasteiger partial charge in [0.05, 0.1) is 14.4 Å². The van der Waals surface area contributed by atoms with Crippen LogP contribution in [0, 0.1) is 0 Å². The summed E-state index contributed by atoms with van der Waals surface area (Å²) in [5.41, 5.74) is 0. The summed E-state index contributed by atoms with van der Waals surface area (Å²) in [7, 11) is -3.19. The Morgan fingerprint density at radius 2 is 2.00 bits per heavy atom. The standard InChI is InChI=1S/C7H6BrClO2S/c1-12(10,11)6-4-2-3-5(9)7(6)8/h2-4H,1H3. The van der Waals surface area contributed by atoms with E-state index in [1.807, 2.05) is 0 Å². The third-order valence-electron chi connectivity index (χ3n) is 1.32. The number of benzene rings is 1. The molecule has 0 aliphatic rings. The van der Waals surface area contributed by atoms with Gasteiger partial charge in [-0.3, -0.25) is 0 Å².